The molecule has 0 aliphatic carbocycles. The molecule has 0 fully saturated rings. The third-order valence-electron chi connectivity index (χ3n) is 2.52. The van der Waals surface area contributed by atoms with Crippen molar-refractivity contribution >= 4 is 17.3 Å². The Morgan fingerprint density at radius 3 is 2.63 bits per heavy atom. The summed E-state index contributed by atoms with van der Waals surface area (Å²) >= 11 is 5.79. The number of nitro benzene ring substituents is 1. The average molecular weight is 279 g/mol. The van der Waals surface area contributed by atoms with Crippen LogP contribution in [0.5, 0.6) is 5.75 Å². The van der Waals surface area contributed by atoms with Gasteiger partial charge in [-0.15, -0.1) is 0 Å². The van der Waals surface area contributed by atoms with E-state index in [-0.39, 0.29) is 10.7 Å². The number of nitro groups is 1. The largest absolute Gasteiger partial charge is 0.493 e. The summed E-state index contributed by atoms with van der Waals surface area (Å²) in [6.07, 6.45) is 4.17. The predicted molar refractivity (Wildman–Crippen MR) is 71.5 cm³/mol. The van der Waals surface area contributed by atoms with Gasteiger partial charge in [-0.2, -0.15) is 0 Å². The fourth-order valence-corrected chi connectivity index (χ4v) is 1.80. The first-order valence-corrected chi connectivity index (χ1v) is 6.00. The summed E-state index contributed by atoms with van der Waals surface area (Å²) in [4.78, 5) is 14.0. The highest BCUT2D eigenvalue weighted by atomic mass is 35.5. The number of aromatic nitrogens is 1. The quantitative estimate of drug-likeness (QED) is 0.622. The molecule has 5 nitrogen and oxygen atoms in total. The van der Waals surface area contributed by atoms with Crippen LogP contribution in [0.1, 0.15) is 5.56 Å². The van der Waals surface area contributed by atoms with Crippen molar-refractivity contribution in [3.63, 3.8) is 0 Å². The SMILES string of the molecule is O=[N+]([O-])c1ccc(OCCc2ccncc2)cc1Cl. The van der Waals surface area contributed by atoms with E-state index in [1.807, 2.05) is 12.1 Å². The summed E-state index contributed by atoms with van der Waals surface area (Å²) in [5.41, 5.74) is 0.992. The zero-order chi connectivity index (χ0) is 13.7. The number of halogens is 1. The van der Waals surface area contributed by atoms with Crippen LogP contribution in [0.15, 0.2) is 42.7 Å². The molecule has 19 heavy (non-hydrogen) atoms. The molecule has 0 unspecified atom stereocenters. The van der Waals surface area contributed by atoms with Crippen LogP contribution in [0, 0.1) is 10.1 Å². The molecule has 0 radical (unpaired) electrons. The van der Waals surface area contributed by atoms with Crippen molar-refractivity contribution in [3.8, 4) is 5.75 Å². The smallest absolute Gasteiger partial charge is 0.288 e. The third kappa shape index (κ3) is 3.66. The van der Waals surface area contributed by atoms with E-state index < -0.39 is 4.92 Å². The van der Waals surface area contributed by atoms with Crippen molar-refractivity contribution in [1.29, 1.82) is 0 Å². The van der Waals surface area contributed by atoms with Gasteiger partial charge in [0, 0.05) is 30.9 Å². The predicted octanol–water partition coefficient (Wildman–Crippen LogP) is 3.26. The zero-order valence-corrected chi connectivity index (χ0v) is 10.7. The summed E-state index contributed by atoms with van der Waals surface area (Å²) in [6, 6.07) is 8.14. The molecule has 0 spiro atoms. The Morgan fingerprint density at radius 2 is 2.00 bits per heavy atom. The molecular weight excluding hydrogens is 268 g/mol. The van der Waals surface area contributed by atoms with Gasteiger partial charge in [0.25, 0.3) is 5.69 Å². The third-order valence-corrected chi connectivity index (χ3v) is 2.83. The lowest BCUT2D eigenvalue weighted by Gasteiger charge is -2.06. The average Bonchev–Trinajstić information content (AvgIpc) is 2.39. The second kappa shape index (κ2) is 6.15. The lowest BCUT2D eigenvalue weighted by Crippen LogP contribution is -2.01. The molecule has 0 aliphatic heterocycles. The highest BCUT2D eigenvalue weighted by Gasteiger charge is 2.12. The van der Waals surface area contributed by atoms with E-state index in [9.17, 15) is 10.1 Å². The van der Waals surface area contributed by atoms with Crippen LogP contribution in [-0.4, -0.2) is 16.5 Å². The molecule has 0 N–H and O–H groups in total. The Bertz CT molecular complexity index is 575. The van der Waals surface area contributed by atoms with Gasteiger partial charge in [0.15, 0.2) is 0 Å². The second-order valence-corrected chi connectivity index (χ2v) is 4.23. The van der Waals surface area contributed by atoms with Crippen molar-refractivity contribution < 1.29 is 9.66 Å². The molecule has 0 saturated heterocycles. The maximum Gasteiger partial charge on any atom is 0.288 e. The Balaban J connectivity index is 1.93. The summed E-state index contributed by atoms with van der Waals surface area (Å²) in [6.45, 7) is 0.470. The van der Waals surface area contributed by atoms with Crippen LogP contribution < -0.4 is 4.74 Å². The van der Waals surface area contributed by atoms with Crippen LogP contribution in [-0.2, 0) is 6.42 Å². The van der Waals surface area contributed by atoms with Gasteiger partial charge in [0.05, 0.1) is 11.5 Å². The first-order valence-electron chi connectivity index (χ1n) is 5.62. The van der Waals surface area contributed by atoms with E-state index in [1.165, 1.54) is 18.2 Å². The number of hydrogen-bond donors (Lipinski definition) is 0. The molecule has 1 aromatic carbocycles. The summed E-state index contributed by atoms with van der Waals surface area (Å²) in [5, 5.41) is 10.7. The minimum absolute atomic E-state index is 0.0754. The Kier molecular flexibility index (Phi) is 4.30. The summed E-state index contributed by atoms with van der Waals surface area (Å²) in [7, 11) is 0. The minimum atomic E-state index is -0.525. The van der Waals surface area contributed by atoms with Crippen molar-refractivity contribution in [2.75, 3.05) is 6.61 Å². The molecule has 6 heteroatoms. The number of ether oxygens (including phenoxy) is 1. The van der Waals surface area contributed by atoms with Crippen molar-refractivity contribution in [3.05, 3.63) is 63.4 Å². The van der Waals surface area contributed by atoms with Gasteiger partial charge in [-0.25, -0.2) is 0 Å². The van der Waals surface area contributed by atoms with Crippen LogP contribution in [0.2, 0.25) is 5.02 Å². The van der Waals surface area contributed by atoms with Gasteiger partial charge in [0.1, 0.15) is 10.8 Å². The van der Waals surface area contributed by atoms with E-state index in [2.05, 4.69) is 4.98 Å². The number of pyridine rings is 1. The van der Waals surface area contributed by atoms with Crippen LogP contribution in [0.4, 0.5) is 5.69 Å². The molecule has 2 aromatic rings. The normalized spacial score (nSPS) is 10.2. The first kappa shape index (κ1) is 13.3. The first-order chi connectivity index (χ1) is 9.16. The van der Waals surface area contributed by atoms with E-state index in [1.54, 1.807) is 12.4 Å². The molecule has 1 heterocycles. The maximum absolute atomic E-state index is 10.6. The van der Waals surface area contributed by atoms with Crippen molar-refractivity contribution in [2.24, 2.45) is 0 Å². The number of nitrogens with zero attached hydrogens (tertiary/aromatic N) is 2. The summed E-state index contributed by atoms with van der Waals surface area (Å²) in [5.74, 6) is 0.518. The monoisotopic (exact) mass is 278 g/mol. The molecule has 0 bridgehead atoms. The Morgan fingerprint density at radius 1 is 1.26 bits per heavy atom. The van der Waals surface area contributed by atoms with Crippen molar-refractivity contribution in [2.45, 2.75) is 6.42 Å². The molecular formula is C13H11ClN2O3. The Hall–Kier alpha value is -2.14. The van der Waals surface area contributed by atoms with Crippen LogP contribution in [0.25, 0.3) is 0 Å². The number of rotatable bonds is 5. The number of hydrogen-bond acceptors (Lipinski definition) is 4. The molecule has 0 aliphatic rings. The molecule has 0 atom stereocenters. The molecule has 0 amide bonds. The van der Waals surface area contributed by atoms with Crippen LogP contribution in [0.3, 0.4) is 0 Å². The van der Waals surface area contributed by atoms with Gasteiger partial charge < -0.3 is 4.74 Å². The van der Waals surface area contributed by atoms with Gasteiger partial charge in [-0.1, -0.05) is 11.6 Å². The molecule has 98 valence electrons. The van der Waals surface area contributed by atoms with E-state index in [4.69, 9.17) is 16.3 Å². The van der Waals surface area contributed by atoms with E-state index in [0.29, 0.717) is 12.4 Å². The highest BCUT2D eigenvalue weighted by Crippen LogP contribution is 2.28. The fraction of sp³-hybridized carbons (Fsp3) is 0.154. The van der Waals surface area contributed by atoms with Gasteiger partial charge in [0.2, 0.25) is 0 Å². The van der Waals surface area contributed by atoms with Gasteiger partial charge in [-0.05, 0) is 23.8 Å². The lowest BCUT2D eigenvalue weighted by atomic mass is 10.2. The number of benzene rings is 1. The Labute approximate surface area is 115 Å². The highest BCUT2D eigenvalue weighted by molar-refractivity contribution is 6.32. The van der Waals surface area contributed by atoms with E-state index >= 15 is 0 Å². The molecule has 0 saturated carbocycles. The molecule has 2 rings (SSSR count). The van der Waals surface area contributed by atoms with Crippen LogP contribution >= 0.6 is 11.6 Å². The van der Waals surface area contributed by atoms with Gasteiger partial charge in [-0.3, -0.25) is 15.1 Å². The minimum Gasteiger partial charge on any atom is -0.493 e. The zero-order valence-electron chi connectivity index (χ0n) is 9.95. The second-order valence-electron chi connectivity index (χ2n) is 3.82. The molecule has 1 aromatic heterocycles. The summed E-state index contributed by atoms with van der Waals surface area (Å²) < 4.78 is 5.50. The fourth-order valence-electron chi connectivity index (χ4n) is 1.56. The standard InChI is InChI=1S/C13H11ClN2O3/c14-12-9-11(1-2-13(12)16(17)18)19-8-5-10-3-6-15-7-4-10/h1-4,6-7,9H,5,8H2. The lowest BCUT2D eigenvalue weighted by molar-refractivity contribution is -0.384. The van der Waals surface area contributed by atoms with E-state index in [0.717, 1.165) is 12.0 Å². The topological polar surface area (TPSA) is 65.3 Å². The van der Waals surface area contributed by atoms with Gasteiger partial charge >= 0.3 is 0 Å². The maximum atomic E-state index is 10.6. The van der Waals surface area contributed by atoms with Crippen molar-refractivity contribution in [1.82, 2.24) is 4.98 Å².